The molecular formula is C34H28BrF3N2O3. The Morgan fingerprint density at radius 1 is 0.953 bits per heavy atom. The number of hydrogen-bond donors (Lipinski definition) is 1. The number of carbonyl (C=O) groups excluding carboxylic acids is 2. The number of hydrogen-bond acceptors (Lipinski definition) is 4. The molecule has 5 nitrogen and oxygen atoms in total. The van der Waals surface area contributed by atoms with Crippen LogP contribution in [0.2, 0.25) is 0 Å². The number of nitrogens with one attached hydrogen (secondary N) is 1. The molecule has 1 aliphatic heterocycles. The molecule has 1 unspecified atom stereocenters. The Morgan fingerprint density at radius 3 is 2.19 bits per heavy atom. The first kappa shape index (κ1) is 30.1. The van der Waals surface area contributed by atoms with E-state index in [1.54, 1.807) is 30.3 Å². The molecule has 2 atom stereocenters. The molecule has 9 heteroatoms. The van der Waals surface area contributed by atoms with Crippen LogP contribution in [0.25, 0.3) is 0 Å². The number of halogens is 4. The maximum Gasteiger partial charge on any atom is 0.416 e. The first-order valence-corrected chi connectivity index (χ1v) is 14.3. The maximum absolute atomic E-state index is 14.3. The van der Waals surface area contributed by atoms with Crippen molar-refractivity contribution >= 4 is 27.6 Å². The number of Topliss-reactive ketones (excluding diaryl/α,β-unsaturated/α-hetero) is 1. The van der Waals surface area contributed by atoms with Crippen molar-refractivity contribution in [3.8, 4) is 5.75 Å². The number of amides is 1. The van der Waals surface area contributed by atoms with Crippen LogP contribution in [0.3, 0.4) is 0 Å². The zero-order valence-electron chi connectivity index (χ0n) is 23.4. The number of benzene rings is 4. The van der Waals surface area contributed by atoms with E-state index in [0.29, 0.717) is 16.7 Å². The van der Waals surface area contributed by atoms with Crippen molar-refractivity contribution in [2.45, 2.75) is 31.7 Å². The maximum atomic E-state index is 14.3. The van der Waals surface area contributed by atoms with E-state index in [2.05, 4.69) is 21.2 Å². The number of carbonyl (C=O) groups is 2. The third kappa shape index (κ3) is 6.37. The number of nitrogens with zero attached hydrogens (tertiary/aromatic N) is 1. The summed E-state index contributed by atoms with van der Waals surface area (Å²) in [6.45, 7) is 1.80. The van der Waals surface area contributed by atoms with Gasteiger partial charge in [0.05, 0.1) is 30.8 Å². The molecule has 0 radical (unpaired) electrons. The largest absolute Gasteiger partial charge is 0.496 e. The van der Waals surface area contributed by atoms with Crippen LogP contribution in [0, 0.1) is 0 Å². The molecule has 0 aromatic heterocycles. The Balaban J connectivity index is 1.65. The molecule has 4 aromatic carbocycles. The molecule has 4 aromatic rings. The van der Waals surface area contributed by atoms with Crippen LogP contribution in [0.4, 0.5) is 13.2 Å². The predicted octanol–water partition coefficient (Wildman–Crippen LogP) is 8.05. The lowest BCUT2D eigenvalue weighted by Crippen LogP contribution is -2.33. The summed E-state index contributed by atoms with van der Waals surface area (Å²) in [6.07, 6.45) is -4.56. The molecule has 0 saturated carbocycles. The smallest absolute Gasteiger partial charge is 0.416 e. The SMILES string of the molecule is COc1cc(C(F)(F)F)ccc1CN1C(=O)C(N[C@H](C)c2ccccc2)=C(C(=O)c2ccccc2)C1c1ccc(Br)cc1. The van der Waals surface area contributed by atoms with Gasteiger partial charge in [0.2, 0.25) is 0 Å². The molecule has 0 bridgehead atoms. The van der Waals surface area contributed by atoms with Crippen molar-refractivity contribution in [2.24, 2.45) is 0 Å². The molecule has 1 aliphatic rings. The Labute approximate surface area is 256 Å². The first-order valence-electron chi connectivity index (χ1n) is 13.5. The molecular weight excluding hydrogens is 621 g/mol. The normalized spacial score (nSPS) is 15.9. The summed E-state index contributed by atoms with van der Waals surface area (Å²) >= 11 is 3.45. The number of alkyl halides is 3. The predicted molar refractivity (Wildman–Crippen MR) is 161 cm³/mol. The van der Waals surface area contributed by atoms with Gasteiger partial charge in [-0.2, -0.15) is 13.2 Å². The molecule has 0 fully saturated rings. The van der Waals surface area contributed by atoms with Crippen molar-refractivity contribution in [2.75, 3.05) is 7.11 Å². The minimum atomic E-state index is -4.56. The van der Waals surface area contributed by atoms with Gasteiger partial charge in [-0.15, -0.1) is 0 Å². The lowest BCUT2D eigenvalue weighted by molar-refractivity contribution is -0.137. The lowest BCUT2D eigenvalue weighted by atomic mass is 9.92. The fourth-order valence-electron chi connectivity index (χ4n) is 5.22. The van der Waals surface area contributed by atoms with E-state index in [1.165, 1.54) is 18.1 Å². The summed E-state index contributed by atoms with van der Waals surface area (Å²) in [7, 11) is 1.29. The molecule has 220 valence electrons. The van der Waals surface area contributed by atoms with E-state index in [0.717, 1.165) is 22.2 Å². The standard InChI is InChI=1S/C34H28BrF3N2O3/c1-21(22-9-5-3-6-10-22)39-30-29(32(41)24-11-7-4-8-12-24)31(23-14-17-27(35)18-15-23)40(33(30)42)20-25-13-16-26(34(36,37)38)19-28(25)43-2/h3-19,21,31,39H,20H2,1-2H3/t21-,31?/m1/s1. The quantitative estimate of drug-likeness (QED) is 0.187. The van der Waals surface area contributed by atoms with Gasteiger partial charge in [-0.3, -0.25) is 9.59 Å². The molecule has 1 N–H and O–H groups in total. The van der Waals surface area contributed by atoms with Crippen LogP contribution in [0.5, 0.6) is 5.75 Å². The monoisotopic (exact) mass is 648 g/mol. The van der Waals surface area contributed by atoms with Crippen LogP contribution in [0.1, 0.15) is 51.6 Å². The summed E-state index contributed by atoms with van der Waals surface area (Å²) in [6, 6.07) is 27.5. The summed E-state index contributed by atoms with van der Waals surface area (Å²) in [5.41, 5.74) is 1.91. The highest BCUT2D eigenvalue weighted by Gasteiger charge is 2.44. The average Bonchev–Trinajstić information content (AvgIpc) is 3.27. The van der Waals surface area contributed by atoms with E-state index in [9.17, 15) is 22.8 Å². The topological polar surface area (TPSA) is 58.6 Å². The lowest BCUT2D eigenvalue weighted by Gasteiger charge is -2.28. The van der Waals surface area contributed by atoms with E-state index >= 15 is 0 Å². The third-order valence-corrected chi connectivity index (χ3v) is 7.94. The molecule has 1 amide bonds. The molecule has 43 heavy (non-hydrogen) atoms. The highest BCUT2D eigenvalue weighted by molar-refractivity contribution is 9.10. The molecule has 5 rings (SSSR count). The Morgan fingerprint density at radius 2 is 1.58 bits per heavy atom. The summed E-state index contributed by atoms with van der Waals surface area (Å²) < 4.78 is 46.5. The fourth-order valence-corrected chi connectivity index (χ4v) is 5.49. The minimum Gasteiger partial charge on any atom is -0.496 e. The van der Waals surface area contributed by atoms with Gasteiger partial charge in [-0.05, 0) is 42.3 Å². The molecule has 1 heterocycles. The number of ether oxygens (including phenoxy) is 1. The second-order valence-electron chi connectivity index (χ2n) is 10.2. The van der Waals surface area contributed by atoms with Gasteiger partial charge in [-0.1, -0.05) is 94.8 Å². The summed E-state index contributed by atoms with van der Waals surface area (Å²) in [5.74, 6) is -0.782. The fraction of sp³-hybridized carbons (Fsp3) is 0.176. The molecule has 0 saturated heterocycles. The number of methoxy groups -OCH3 is 1. The van der Waals surface area contributed by atoms with Crippen LogP contribution < -0.4 is 10.1 Å². The Bertz CT molecular complexity index is 1660. The van der Waals surface area contributed by atoms with Gasteiger partial charge in [0, 0.05) is 21.6 Å². The third-order valence-electron chi connectivity index (χ3n) is 7.41. The Hall–Kier alpha value is -4.37. The van der Waals surface area contributed by atoms with Crippen molar-refractivity contribution in [1.82, 2.24) is 10.2 Å². The van der Waals surface area contributed by atoms with Crippen LogP contribution in [0.15, 0.2) is 119 Å². The zero-order valence-corrected chi connectivity index (χ0v) is 24.9. The van der Waals surface area contributed by atoms with Gasteiger partial charge < -0.3 is 15.0 Å². The molecule has 0 aliphatic carbocycles. The second kappa shape index (κ2) is 12.5. The highest BCUT2D eigenvalue weighted by atomic mass is 79.9. The molecule has 0 spiro atoms. The van der Waals surface area contributed by atoms with Crippen LogP contribution in [-0.4, -0.2) is 23.7 Å². The van der Waals surface area contributed by atoms with Gasteiger partial charge in [0.25, 0.3) is 5.91 Å². The van der Waals surface area contributed by atoms with E-state index < -0.39 is 23.7 Å². The summed E-state index contributed by atoms with van der Waals surface area (Å²) in [5, 5.41) is 3.31. The minimum absolute atomic E-state index is 0.00724. The van der Waals surface area contributed by atoms with Gasteiger partial charge in [-0.25, -0.2) is 0 Å². The van der Waals surface area contributed by atoms with Gasteiger partial charge >= 0.3 is 6.18 Å². The average molecular weight is 650 g/mol. The highest BCUT2D eigenvalue weighted by Crippen LogP contribution is 2.42. The first-order chi connectivity index (χ1) is 20.6. The van der Waals surface area contributed by atoms with E-state index in [4.69, 9.17) is 4.74 Å². The summed E-state index contributed by atoms with van der Waals surface area (Å²) in [4.78, 5) is 30.0. The van der Waals surface area contributed by atoms with Crippen molar-refractivity contribution in [3.63, 3.8) is 0 Å². The van der Waals surface area contributed by atoms with Crippen molar-refractivity contribution in [3.05, 3.63) is 147 Å². The van der Waals surface area contributed by atoms with Crippen LogP contribution >= 0.6 is 15.9 Å². The Kier molecular flexibility index (Phi) is 8.73. The second-order valence-corrected chi connectivity index (χ2v) is 11.1. The van der Waals surface area contributed by atoms with E-state index in [-0.39, 0.29) is 35.4 Å². The van der Waals surface area contributed by atoms with Crippen molar-refractivity contribution in [1.29, 1.82) is 0 Å². The number of rotatable bonds is 9. The van der Waals surface area contributed by atoms with Gasteiger partial charge in [0.1, 0.15) is 11.4 Å². The van der Waals surface area contributed by atoms with Crippen molar-refractivity contribution < 1.29 is 27.5 Å². The number of ketones is 1. The van der Waals surface area contributed by atoms with Crippen LogP contribution in [-0.2, 0) is 17.5 Å². The van der Waals surface area contributed by atoms with Gasteiger partial charge in [0.15, 0.2) is 5.78 Å². The zero-order chi connectivity index (χ0) is 30.7. The van der Waals surface area contributed by atoms with E-state index in [1.807, 2.05) is 61.5 Å².